The van der Waals surface area contributed by atoms with Crippen LogP contribution in [0.5, 0.6) is 5.75 Å². The molecule has 0 spiro atoms. The molecule has 0 amide bonds. The molecule has 0 atom stereocenters. The monoisotopic (exact) mass is 282 g/mol. The Morgan fingerprint density at radius 1 is 1.22 bits per heavy atom. The van der Waals surface area contributed by atoms with E-state index >= 15 is 0 Å². The molecule has 0 saturated heterocycles. The molecule has 0 aromatic heterocycles. The maximum atomic E-state index is 12.1. The summed E-state index contributed by atoms with van der Waals surface area (Å²) in [5.41, 5.74) is 1.06. The number of hydrogen-bond acceptors (Lipinski definition) is 3. The minimum absolute atomic E-state index is 0.227. The van der Waals surface area contributed by atoms with Crippen LogP contribution in [0.4, 0.5) is 13.2 Å². The van der Waals surface area contributed by atoms with Crippen LogP contribution in [-0.4, -0.2) is 27.5 Å². The predicted molar refractivity (Wildman–Crippen MR) is 60.6 cm³/mol. The molecule has 1 aromatic carbocycles. The van der Waals surface area contributed by atoms with Gasteiger partial charge in [-0.25, -0.2) is 8.42 Å². The van der Waals surface area contributed by atoms with Crippen LogP contribution in [0.1, 0.15) is 11.1 Å². The van der Waals surface area contributed by atoms with Crippen molar-refractivity contribution in [1.82, 2.24) is 0 Å². The van der Waals surface area contributed by atoms with Gasteiger partial charge in [0, 0.05) is 6.26 Å². The molecule has 102 valence electrons. The predicted octanol–water partition coefficient (Wildman–Crippen LogP) is 2.65. The van der Waals surface area contributed by atoms with Gasteiger partial charge in [0.2, 0.25) is 0 Å². The zero-order chi connectivity index (χ0) is 14.1. The van der Waals surface area contributed by atoms with Crippen molar-refractivity contribution in [1.29, 1.82) is 0 Å². The number of hydrogen-bond donors (Lipinski definition) is 0. The highest BCUT2D eigenvalue weighted by atomic mass is 32.2. The van der Waals surface area contributed by atoms with Gasteiger partial charge in [-0.2, -0.15) is 13.2 Å². The average molecular weight is 282 g/mol. The van der Waals surface area contributed by atoms with Crippen molar-refractivity contribution in [2.24, 2.45) is 0 Å². The molecular formula is C11H13F3O3S. The van der Waals surface area contributed by atoms with Crippen LogP contribution >= 0.6 is 0 Å². The van der Waals surface area contributed by atoms with Crippen LogP contribution in [0.3, 0.4) is 0 Å². The molecule has 0 unspecified atom stereocenters. The maximum absolute atomic E-state index is 12.1. The van der Waals surface area contributed by atoms with E-state index in [1.807, 2.05) is 0 Å². The van der Waals surface area contributed by atoms with Crippen LogP contribution in [-0.2, 0) is 9.84 Å². The minimum Gasteiger partial charge on any atom is -0.482 e. The van der Waals surface area contributed by atoms with Gasteiger partial charge in [0.15, 0.2) is 16.4 Å². The first kappa shape index (κ1) is 14.8. The van der Waals surface area contributed by atoms with Gasteiger partial charge in [-0.3, -0.25) is 0 Å². The van der Waals surface area contributed by atoms with E-state index in [0.717, 1.165) is 6.26 Å². The summed E-state index contributed by atoms with van der Waals surface area (Å²) >= 11 is 0. The molecule has 0 aliphatic heterocycles. The second-order valence-corrected chi connectivity index (χ2v) is 5.99. The van der Waals surface area contributed by atoms with Crippen molar-refractivity contribution in [3.05, 3.63) is 23.3 Å². The van der Waals surface area contributed by atoms with Crippen molar-refractivity contribution < 1.29 is 26.3 Å². The van der Waals surface area contributed by atoms with E-state index in [1.54, 1.807) is 6.92 Å². The number of halogens is 3. The second kappa shape index (κ2) is 4.79. The lowest BCUT2D eigenvalue weighted by atomic mass is 10.1. The molecule has 0 bridgehead atoms. The summed E-state index contributed by atoms with van der Waals surface area (Å²) < 4.78 is 64.0. The zero-order valence-electron chi connectivity index (χ0n) is 10.1. The van der Waals surface area contributed by atoms with Crippen LogP contribution in [0, 0.1) is 13.8 Å². The molecule has 1 rings (SSSR count). The first-order chi connectivity index (χ1) is 8.02. The van der Waals surface area contributed by atoms with E-state index in [9.17, 15) is 21.6 Å². The number of sulfone groups is 1. The van der Waals surface area contributed by atoms with Gasteiger partial charge in [-0.05, 0) is 31.0 Å². The van der Waals surface area contributed by atoms with Crippen molar-refractivity contribution in [3.8, 4) is 5.75 Å². The third-order valence-electron chi connectivity index (χ3n) is 2.42. The molecule has 0 fully saturated rings. The molecule has 3 nitrogen and oxygen atoms in total. The van der Waals surface area contributed by atoms with Gasteiger partial charge >= 0.3 is 6.18 Å². The van der Waals surface area contributed by atoms with E-state index in [2.05, 4.69) is 4.74 Å². The summed E-state index contributed by atoms with van der Waals surface area (Å²) in [6.45, 7) is 1.68. The summed E-state index contributed by atoms with van der Waals surface area (Å²) in [4.78, 5) is -0.227. The molecule has 1 aromatic rings. The number of rotatable bonds is 3. The Labute approximate surface area is 103 Å². The quantitative estimate of drug-likeness (QED) is 0.856. The Hall–Kier alpha value is -1.24. The molecule has 0 radical (unpaired) electrons. The fraction of sp³-hybridized carbons (Fsp3) is 0.455. The Bertz CT molecular complexity index is 547. The normalized spacial score (nSPS) is 12.6. The van der Waals surface area contributed by atoms with Crippen LogP contribution in [0.15, 0.2) is 17.0 Å². The van der Waals surface area contributed by atoms with Crippen LogP contribution < -0.4 is 4.74 Å². The molecule has 0 aliphatic carbocycles. The standard InChI is InChI=1S/C11H13F3O3S/c1-7-4-5-9(18(3,15)16)10(8(7)2)17-6-11(12,13)14/h4-5H,6H2,1-3H3. The topological polar surface area (TPSA) is 43.4 Å². The van der Waals surface area contributed by atoms with E-state index in [-0.39, 0.29) is 10.6 Å². The van der Waals surface area contributed by atoms with E-state index < -0.39 is 22.6 Å². The highest BCUT2D eigenvalue weighted by Gasteiger charge is 2.30. The van der Waals surface area contributed by atoms with Crippen molar-refractivity contribution in [2.75, 3.05) is 12.9 Å². The first-order valence-electron chi connectivity index (χ1n) is 5.02. The zero-order valence-corrected chi connectivity index (χ0v) is 10.9. The Morgan fingerprint density at radius 3 is 2.22 bits per heavy atom. The number of alkyl halides is 3. The fourth-order valence-electron chi connectivity index (χ4n) is 1.39. The minimum atomic E-state index is -4.51. The highest BCUT2D eigenvalue weighted by molar-refractivity contribution is 7.90. The van der Waals surface area contributed by atoms with Gasteiger partial charge in [-0.15, -0.1) is 0 Å². The molecular weight excluding hydrogens is 269 g/mol. The number of ether oxygens (including phenoxy) is 1. The molecule has 18 heavy (non-hydrogen) atoms. The van der Waals surface area contributed by atoms with Gasteiger partial charge in [0.1, 0.15) is 10.6 Å². The lowest BCUT2D eigenvalue weighted by molar-refractivity contribution is -0.153. The number of benzene rings is 1. The summed E-state index contributed by atoms with van der Waals surface area (Å²) in [7, 11) is -3.63. The maximum Gasteiger partial charge on any atom is 0.422 e. The van der Waals surface area contributed by atoms with Crippen molar-refractivity contribution >= 4 is 9.84 Å². The molecule has 0 saturated carbocycles. The average Bonchev–Trinajstić information content (AvgIpc) is 2.17. The molecule has 7 heteroatoms. The van der Waals surface area contributed by atoms with Crippen LogP contribution in [0.25, 0.3) is 0 Å². The lowest BCUT2D eigenvalue weighted by Gasteiger charge is -2.16. The fourth-order valence-corrected chi connectivity index (χ4v) is 2.25. The molecule has 0 heterocycles. The molecule has 0 aliphatic rings. The molecule has 0 N–H and O–H groups in total. The van der Waals surface area contributed by atoms with Crippen molar-refractivity contribution in [3.63, 3.8) is 0 Å². The number of aryl methyl sites for hydroxylation is 1. The summed E-state index contributed by atoms with van der Waals surface area (Å²) in [6, 6.07) is 2.79. The van der Waals surface area contributed by atoms with Gasteiger partial charge in [0.25, 0.3) is 0 Å². The van der Waals surface area contributed by atoms with Crippen LogP contribution in [0.2, 0.25) is 0 Å². The third kappa shape index (κ3) is 3.63. The Kier molecular flexibility index (Phi) is 3.95. The smallest absolute Gasteiger partial charge is 0.422 e. The van der Waals surface area contributed by atoms with E-state index in [0.29, 0.717) is 11.1 Å². The first-order valence-corrected chi connectivity index (χ1v) is 6.91. The van der Waals surface area contributed by atoms with Crippen molar-refractivity contribution in [2.45, 2.75) is 24.9 Å². The Morgan fingerprint density at radius 2 is 1.78 bits per heavy atom. The SMILES string of the molecule is Cc1ccc(S(C)(=O)=O)c(OCC(F)(F)F)c1C. The lowest BCUT2D eigenvalue weighted by Crippen LogP contribution is -2.20. The van der Waals surface area contributed by atoms with Gasteiger partial charge < -0.3 is 4.74 Å². The van der Waals surface area contributed by atoms with E-state index in [4.69, 9.17) is 0 Å². The van der Waals surface area contributed by atoms with Gasteiger partial charge in [0.05, 0.1) is 0 Å². The second-order valence-electron chi connectivity index (χ2n) is 4.01. The summed E-state index contributed by atoms with van der Waals surface area (Å²) in [6.07, 6.45) is -3.58. The summed E-state index contributed by atoms with van der Waals surface area (Å²) in [5, 5.41) is 0. The largest absolute Gasteiger partial charge is 0.482 e. The van der Waals surface area contributed by atoms with Gasteiger partial charge in [-0.1, -0.05) is 6.07 Å². The highest BCUT2D eigenvalue weighted by Crippen LogP contribution is 2.31. The third-order valence-corrected chi connectivity index (χ3v) is 3.54. The summed E-state index contributed by atoms with van der Waals surface area (Å²) in [5.74, 6) is -0.227. The van der Waals surface area contributed by atoms with E-state index in [1.165, 1.54) is 19.1 Å². The Balaban J connectivity index is 3.27.